The normalized spacial score (nSPS) is 13.6. The molecule has 8 heteroatoms. The molecule has 0 radical (unpaired) electrons. The Labute approximate surface area is 166 Å². The van der Waals surface area contributed by atoms with Crippen LogP contribution in [0.15, 0.2) is 36.4 Å². The van der Waals surface area contributed by atoms with Gasteiger partial charge in [-0.25, -0.2) is 0 Å². The molecule has 0 saturated heterocycles. The number of carbonyl (C=O) groups is 2. The van der Waals surface area contributed by atoms with Crippen molar-refractivity contribution in [3.05, 3.63) is 57.6 Å². The topological polar surface area (TPSA) is 76.7 Å². The first-order valence-electron chi connectivity index (χ1n) is 8.37. The molecule has 0 fully saturated rings. The van der Waals surface area contributed by atoms with Gasteiger partial charge in [-0.2, -0.15) is 0 Å². The smallest absolute Gasteiger partial charge is 0.253 e. The monoisotopic (exact) mass is 408 g/mol. The van der Waals surface area contributed by atoms with Crippen molar-refractivity contribution < 1.29 is 19.1 Å². The first-order valence-corrected chi connectivity index (χ1v) is 9.12. The largest absolute Gasteiger partial charge is 0.486 e. The minimum absolute atomic E-state index is 0.153. The summed E-state index contributed by atoms with van der Waals surface area (Å²) in [6.45, 7) is 2.91. The molecule has 0 bridgehead atoms. The number of halogens is 2. The average molecular weight is 409 g/mol. The van der Waals surface area contributed by atoms with Gasteiger partial charge in [-0.05, 0) is 36.8 Å². The second-order valence-electron chi connectivity index (χ2n) is 5.99. The highest BCUT2D eigenvalue weighted by Crippen LogP contribution is 2.30. The van der Waals surface area contributed by atoms with Crippen LogP contribution in [0, 0.1) is 0 Å². The molecule has 142 valence electrons. The minimum Gasteiger partial charge on any atom is -0.486 e. The summed E-state index contributed by atoms with van der Waals surface area (Å²) >= 11 is 11.9. The number of rotatable bonds is 5. The van der Waals surface area contributed by atoms with Crippen molar-refractivity contribution in [2.75, 3.05) is 13.2 Å². The number of benzene rings is 2. The third kappa shape index (κ3) is 4.64. The van der Waals surface area contributed by atoms with Crippen molar-refractivity contribution in [1.29, 1.82) is 0 Å². The van der Waals surface area contributed by atoms with Crippen LogP contribution in [0.25, 0.3) is 0 Å². The van der Waals surface area contributed by atoms with Crippen LogP contribution in [0.2, 0.25) is 10.0 Å². The van der Waals surface area contributed by atoms with Crippen LogP contribution in [0.4, 0.5) is 0 Å². The van der Waals surface area contributed by atoms with E-state index >= 15 is 0 Å². The first-order chi connectivity index (χ1) is 13.0. The fourth-order valence-corrected chi connectivity index (χ4v) is 2.95. The van der Waals surface area contributed by atoms with Crippen LogP contribution < -0.4 is 20.1 Å². The Bertz CT molecular complexity index is 873. The zero-order valence-electron chi connectivity index (χ0n) is 14.6. The van der Waals surface area contributed by atoms with Crippen LogP contribution >= 0.6 is 23.2 Å². The molecule has 2 aromatic rings. The molecular weight excluding hydrogens is 391 g/mol. The van der Waals surface area contributed by atoms with Gasteiger partial charge in [0.1, 0.15) is 19.3 Å². The fraction of sp³-hybridized carbons (Fsp3) is 0.263. The summed E-state index contributed by atoms with van der Waals surface area (Å²) in [5, 5.41) is 5.82. The summed E-state index contributed by atoms with van der Waals surface area (Å²) in [6.07, 6.45) is 0. The number of amides is 2. The van der Waals surface area contributed by atoms with Crippen molar-refractivity contribution in [1.82, 2.24) is 10.6 Å². The van der Waals surface area contributed by atoms with E-state index in [1.54, 1.807) is 25.1 Å². The molecule has 1 aliphatic rings. The number of ether oxygens (including phenoxy) is 2. The van der Waals surface area contributed by atoms with Gasteiger partial charge < -0.3 is 20.1 Å². The molecule has 1 aliphatic heterocycles. The summed E-state index contributed by atoms with van der Waals surface area (Å²) in [5.41, 5.74) is 1.08. The van der Waals surface area contributed by atoms with E-state index in [4.69, 9.17) is 32.7 Å². The number of fused-ring (bicyclic) bond motifs is 1. The Morgan fingerprint density at radius 2 is 1.85 bits per heavy atom. The molecular formula is C19H18Cl2N2O4. The van der Waals surface area contributed by atoms with Gasteiger partial charge in [0.2, 0.25) is 5.91 Å². The lowest BCUT2D eigenvalue weighted by atomic mass is 10.1. The van der Waals surface area contributed by atoms with Gasteiger partial charge >= 0.3 is 0 Å². The van der Waals surface area contributed by atoms with Gasteiger partial charge in [-0.3, -0.25) is 9.59 Å². The van der Waals surface area contributed by atoms with Gasteiger partial charge in [0.05, 0.1) is 15.6 Å². The lowest BCUT2D eigenvalue weighted by molar-refractivity contribution is -0.122. The maximum atomic E-state index is 12.3. The van der Waals surface area contributed by atoms with E-state index in [2.05, 4.69) is 10.6 Å². The van der Waals surface area contributed by atoms with Crippen molar-refractivity contribution in [2.24, 2.45) is 0 Å². The van der Waals surface area contributed by atoms with E-state index in [1.807, 2.05) is 18.2 Å². The predicted molar refractivity (Wildman–Crippen MR) is 103 cm³/mol. The first kappa shape index (κ1) is 19.3. The van der Waals surface area contributed by atoms with Gasteiger partial charge in [0.15, 0.2) is 11.5 Å². The van der Waals surface area contributed by atoms with Crippen molar-refractivity contribution >= 4 is 35.0 Å². The Balaban J connectivity index is 1.56. The molecule has 6 nitrogen and oxygen atoms in total. The average Bonchev–Trinajstić information content (AvgIpc) is 2.67. The van der Waals surface area contributed by atoms with Crippen LogP contribution in [0.3, 0.4) is 0 Å². The van der Waals surface area contributed by atoms with Gasteiger partial charge in [-0.1, -0.05) is 35.3 Å². The van der Waals surface area contributed by atoms with E-state index in [0.29, 0.717) is 31.3 Å². The molecule has 0 aliphatic carbocycles. The fourth-order valence-electron chi connectivity index (χ4n) is 2.56. The summed E-state index contributed by atoms with van der Waals surface area (Å²) in [7, 11) is 0. The van der Waals surface area contributed by atoms with Gasteiger partial charge in [-0.15, -0.1) is 0 Å². The van der Waals surface area contributed by atoms with Gasteiger partial charge in [0.25, 0.3) is 5.91 Å². The minimum atomic E-state index is -0.746. The lowest BCUT2D eigenvalue weighted by Gasteiger charge is -2.19. The van der Waals surface area contributed by atoms with Crippen LogP contribution in [0.5, 0.6) is 11.5 Å². The van der Waals surface area contributed by atoms with E-state index in [0.717, 1.165) is 5.56 Å². The molecule has 3 rings (SSSR count). The lowest BCUT2D eigenvalue weighted by Crippen LogP contribution is -2.44. The summed E-state index contributed by atoms with van der Waals surface area (Å²) in [4.78, 5) is 24.6. The highest BCUT2D eigenvalue weighted by atomic mass is 35.5. The summed E-state index contributed by atoms with van der Waals surface area (Å²) in [5.74, 6) is 0.557. The SMILES string of the molecule is CC(NC(=O)c1cccc(Cl)c1Cl)C(=O)NCc1ccc2c(c1)OCCO2. The number of hydrogen-bond donors (Lipinski definition) is 2. The van der Waals surface area contributed by atoms with Crippen molar-refractivity contribution in [3.8, 4) is 11.5 Å². The molecule has 1 unspecified atom stereocenters. The zero-order chi connectivity index (χ0) is 19.4. The molecule has 2 N–H and O–H groups in total. The molecule has 2 amide bonds. The van der Waals surface area contributed by atoms with E-state index in [9.17, 15) is 9.59 Å². The Morgan fingerprint density at radius 1 is 1.11 bits per heavy atom. The van der Waals surface area contributed by atoms with Gasteiger partial charge in [0, 0.05) is 6.54 Å². The predicted octanol–water partition coefficient (Wildman–Crippen LogP) is 3.20. The highest BCUT2D eigenvalue weighted by molar-refractivity contribution is 6.43. The summed E-state index contributed by atoms with van der Waals surface area (Å²) in [6, 6.07) is 9.49. The number of hydrogen-bond acceptors (Lipinski definition) is 4. The molecule has 27 heavy (non-hydrogen) atoms. The number of nitrogens with one attached hydrogen (secondary N) is 2. The Morgan fingerprint density at radius 3 is 2.63 bits per heavy atom. The third-order valence-corrected chi connectivity index (χ3v) is 4.83. The van der Waals surface area contributed by atoms with Crippen LogP contribution in [0.1, 0.15) is 22.8 Å². The van der Waals surface area contributed by atoms with E-state index in [1.165, 1.54) is 0 Å². The molecule has 0 aromatic heterocycles. The zero-order valence-corrected chi connectivity index (χ0v) is 16.1. The Kier molecular flexibility index (Phi) is 6.08. The molecule has 1 heterocycles. The standard InChI is InChI=1S/C19H18Cl2N2O4/c1-11(23-19(25)13-3-2-4-14(20)17(13)21)18(24)22-10-12-5-6-15-16(9-12)27-8-7-26-15/h2-6,9,11H,7-8,10H2,1H3,(H,22,24)(H,23,25). The Hall–Kier alpha value is -2.44. The second kappa shape index (κ2) is 8.50. The second-order valence-corrected chi connectivity index (χ2v) is 6.78. The van der Waals surface area contributed by atoms with E-state index in [-0.39, 0.29) is 21.5 Å². The molecule has 0 spiro atoms. The third-order valence-electron chi connectivity index (χ3n) is 4.01. The quantitative estimate of drug-likeness (QED) is 0.796. The van der Waals surface area contributed by atoms with Crippen molar-refractivity contribution in [2.45, 2.75) is 19.5 Å². The maximum Gasteiger partial charge on any atom is 0.253 e. The highest BCUT2D eigenvalue weighted by Gasteiger charge is 2.19. The van der Waals surface area contributed by atoms with Crippen LogP contribution in [-0.4, -0.2) is 31.1 Å². The number of carbonyl (C=O) groups excluding carboxylic acids is 2. The van der Waals surface area contributed by atoms with Crippen LogP contribution in [-0.2, 0) is 11.3 Å². The summed E-state index contributed by atoms with van der Waals surface area (Å²) < 4.78 is 11.0. The molecule has 2 aromatic carbocycles. The maximum absolute atomic E-state index is 12.3. The van der Waals surface area contributed by atoms with Crippen molar-refractivity contribution in [3.63, 3.8) is 0 Å². The molecule has 0 saturated carbocycles. The van der Waals surface area contributed by atoms with E-state index < -0.39 is 11.9 Å². The molecule has 1 atom stereocenters.